The fraction of sp³-hybridized carbons (Fsp3) is 0.226. The van der Waals surface area contributed by atoms with Gasteiger partial charge in [-0.25, -0.2) is 15.0 Å². The van der Waals surface area contributed by atoms with Gasteiger partial charge in [0, 0.05) is 0 Å². The number of ether oxygens (including phenoxy) is 3. The molecule has 0 amide bonds. The minimum absolute atomic E-state index is 0.00122. The molecule has 0 aliphatic carbocycles. The predicted molar refractivity (Wildman–Crippen MR) is 155 cm³/mol. The van der Waals surface area contributed by atoms with Gasteiger partial charge in [-0.15, -0.1) is 0 Å². The van der Waals surface area contributed by atoms with Gasteiger partial charge < -0.3 is 19.3 Å². The first-order chi connectivity index (χ1) is 20.3. The molecule has 0 saturated carbocycles. The summed E-state index contributed by atoms with van der Waals surface area (Å²) in [6.45, 7) is 0.839. The molecule has 10 heteroatoms. The van der Waals surface area contributed by atoms with Crippen LogP contribution in [0.2, 0.25) is 0 Å². The van der Waals surface area contributed by atoms with Crippen molar-refractivity contribution in [3.63, 3.8) is 0 Å². The Morgan fingerprint density at radius 3 is 2.34 bits per heavy atom. The maximum atomic E-state index is 9.40. The van der Waals surface area contributed by atoms with Crippen LogP contribution in [0.1, 0.15) is 35.8 Å². The van der Waals surface area contributed by atoms with Gasteiger partial charge in [0.25, 0.3) is 0 Å². The summed E-state index contributed by atoms with van der Waals surface area (Å²) in [5.74, 6) is 1.75. The number of imidazole rings is 1. The van der Waals surface area contributed by atoms with E-state index in [9.17, 15) is 5.11 Å². The third kappa shape index (κ3) is 6.34. The minimum Gasteiger partial charge on any atom is -0.485 e. The molecule has 0 bridgehead atoms. The van der Waals surface area contributed by atoms with Gasteiger partial charge in [-0.2, -0.15) is 5.10 Å². The lowest BCUT2D eigenvalue weighted by Gasteiger charge is -2.14. The number of hydrogen-bond acceptors (Lipinski definition) is 9. The van der Waals surface area contributed by atoms with Crippen LogP contribution >= 0.6 is 0 Å². The zero-order valence-corrected chi connectivity index (χ0v) is 22.3. The molecular weight excluding hydrogens is 520 g/mol. The van der Waals surface area contributed by atoms with Crippen molar-refractivity contribution in [3.05, 3.63) is 108 Å². The monoisotopic (exact) mass is 550 g/mol. The highest BCUT2D eigenvalue weighted by Crippen LogP contribution is 2.32. The van der Waals surface area contributed by atoms with Gasteiger partial charge in [-0.3, -0.25) is 9.99 Å². The highest BCUT2D eigenvalue weighted by Gasteiger charge is 2.27. The first kappa shape index (κ1) is 26.4. The van der Waals surface area contributed by atoms with Gasteiger partial charge in [0.05, 0.1) is 25.3 Å². The molecule has 6 rings (SSSR count). The van der Waals surface area contributed by atoms with E-state index in [4.69, 9.17) is 14.2 Å². The third-order valence-electron chi connectivity index (χ3n) is 6.78. The van der Waals surface area contributed by atoms with E-state index in [1.54, 1.807) is 12.5 Å². The number of aliphatic hydroxyl groups is 1. The molecule has 5 aromatic rings. The van der Waals surface area contributed by atoms with Crippen molar-refractivity contribution in [2.75, 3.05) is 12.0 Å². The number of fused-ring (bicyclic) bond motifs is 1. The topological polar surface area (TPSA) is 116 Å². The molecule has 41 heavy (non-hydrogen) atoms. The zero-order chi connectivity index (χ0) is 27.9. The van der Waals surface area contributed by atoms with Crippen LogP contribution < -0.4 is 14.9 Å². The summed E-state index contributed by atoms with van der Waals surface area (Å²) in [6, 6.07) is 25.7. The van der Waals surface area contributed by atoms with Crippen LogP contribution in [0.25, 0.3) is 11.2 Å². The Bertz CT molecular complexity index is 1610. The van der Waals surface area contributed by atoms with Crippen LogP contribution in [0.5, 0.6) is 11.5 Å². The number of aliphatic hydroxyl groups excluding tert-OH is 1. The molecule has 1 saturated heterocycles. The highest BCUT2D eigenvalue weighted by molar-refractivity contribution is 5.85. The van der Waals surface area contributed by atoms with Crippen molar-refractivity contribution < 1.29 is 19.3 Å². The maximum absolute atomic E-state index is 9.40. The Hall–Kier alpha value is -4.80. The van der Waals surface area contributed by atoms with Crippen molar-refractivity contribution in [2.24, 2.45) is 5.10 Å². The first-order valence-corrected chi connectivity index (χ1v) is 13.5. The number of nitrogens with one attached hydrogen (secondary N) is 1. The second-order valence-corrected chi connectivity index (χ2v) is 9.64. The smallest absolute Gasteiger partial charge is 0.177 e. The summed E-state index contributed by atoms with van der Waals surface area (Å²) >= 11 is 0. The number of hydrogen-bond donors (Lipinski definition) is 2. The average molecular weight is 551 g/mol. The van der Waals surface area contributed by atoms with Gasteiger partial charge in [-0.1, -0.05) is 60.7 Å². The van der Waals surface area contributed by atoms with Gasteiger partial charge >= 0.3 is 0 Å². The van der Waals surface area contributed by atoms with Crippen LogP contribution in [0.3, 0.4) is 0 Å². The molecular formula is C31H30N6O4. The van der Waals surface area contributed by atoms with Crippen molar-refractivity contribution >= 4 is 23.2 Å². The fourth-order valence-electron chi connectivity index (χ4n) is 4.65. The Labute approximate surface area is 237 Å². The van der Waals surface area contributed by atoms with Crippen molar-refractivity contribution in [3.8, 4) is 11.5 Å². The van der Waals surface area contributed by atoms with E-state index in [2.05, 4.69) is 25.5 Å². The molecule has 0 unspecified atom stereocenters. The molecule has 208 valence electrons. The van der Waals surface area contributed by atoms with E-state index < -0.39 is 0 Å². The Morgan fingerprint density at radius 1 is 0.902 bits per heavy atom. The lowest BCUT2D eigenvalue weighted by Crippen LogP contribution is -2.14. The highest BCUT2D eigenvalue weighted by atomic mass is 16.5. The van der Waals surface area contributed by atoms with Crippen molar-refractivity contribution in [1.82, 2.24) is 19.5 Å². The zero-order valence-electron chi connectivity index (χ0n) is 22.3. The summed E-state index contributed by atoms with van der Waals surface area (Å²) in [6.07, 6.45) is 6.01. The third-order valence-corrected chi connectivity index (χ3v) is 6.78. The minimum atomic E-state index is -0.222. The SMILES string of the molecule is OC[C@@H]1CC[C@H](n2cnc3c(N/N=C/c4ccc(OCc5ccccc5)c(OCc5ccccc5)c4)ncnc32)O1. The van der Waals surface area contributed by atoms with E-state index in [1.165, 1.54) is 6.33 Å². The maximum Gasteiger partial charge on any atom is 0.177 e. The van der Waals surface area contributed by atoms with Crippen LogP contribution in [-0.4, -0.2) is 43.6 Å². The van der Waals surface area contributed by atoms with Crippen LogP contribution in [-0.2, 0) is 18.0 Å². The summed E-state index contributed by atoms with van der Waals surface area (Å²) < 4.78 is 20.0. The molecule has 3 aromatic carbocycles. The molecule has 0 spiro atoms. The molecule has 1 aliphatic heterocycles. The lowest BCUT2D eigenvalue weighted by molar-refractivity contribution is -0.0207. The number of aromatic nitrogens is 4. The Kier molecular flexibility index (Phi) is 8.11. The number of nitrogens with zero attached hydrogens (tertiary/aromatic N) is 5. The van der Waals surface area contributed by atoms with E-state index in [-0.39, 0.29) is 18.9 Å². The number of anilines is 1. The fourth-order valence-corrected chi connectivity index (χ4v) is 4.65. The second kappa shape index (κ2) is 12.6. The van der Waals surface area contributed by atoms with E-state index in [0.29, 0.717) is 41.7 Å². The molecule has 1 fully saturated rings. The standard InChI is InChI=1S/C31H30N6O4/c38-17-25-12-14-28(41-25)37-21-34-29-30(32-20-33-31(29)37)36-35-16-24-11-13-26(39-18-22-7-3-1-4-8-22)27(15-24)40-19-23-9-5-2-6-10-23/h1-11,13,15-16,20-21,25,28,38H,12,14,17-19H2,(H,32,33,36)/b35-16+/t25-,28+/m0/s1. The van der Waals surface area contributed by atoms with Crippen molar-refractivity contribution in [1.29, 1.82) is 0 Å². The molecule has 3 heterocycles. The van der Waals surface area contributed by atoms with E-state index in [1.807, 2.05) is 83.4 Å². The average Bonchev–Trinajstić information content (AvgIpc) is 3.68. The predicted octanol–water partition coefficient (Wildman–Crippen LogP) is 5.10. The Balaban J connectivity index is 1.18. The van der Waals surface area contributed by atoms with Gasteiger partial charge in [-0.05, 0) is 47.7 Å². The second-order valence-electron chi connectivity index (χ2n) is 9.64. The normalized spacial score (nSPS) is 16.8. The molecule has 2 N–H and O–H groups in total. The van der Waals surface area contributed by atoms with E-state index in [0.717, 1.165) is 29.5 Å². The van der Waals surface area contributed by atoms with Crippen molar-refractivity contribution in [2.45, 2.75) is 38.4 Å². The van der Waals surface area contributed by atoms with Gasteiger partial charge in [0.1, 0.15) is 25.8 Å². The Morgan fingerprint density at radius 2 is 1.63 bits per heavy atom. The number of rotatable bonds is 11. The van der Waals surface area contributed by atoms with Crippen LogP contribution in [0, 0.1) is 0 Å². The van der Waals surface area contributed by atoms with Crippen LogP contribution in [0.4, 0.5) is 5.82 Å². The molecule has 10 nitrogen and oxygen atoms in total. The quantitative estimate of drug-likeness (QED) is 0.172. The summed E-state index contributed by atoms with van der Waals surface area (Å²) in [5.41, 5.74) is 7.15. The molecule has 2 atom stereocenters. The van der Waals surface area contributed by atoms with Gasteiger partial charge in [0.15, 0.2) is 28.5 Å². The first-order valence-electron chi connectivity index (χ1n) is 13.5. The largest absolute Gasteiger partial charge is 0.485 e. The number of benzene rings is 3. The van der Waals surface area contributed by atoms with E-state index >= 15 is 0 Å². The van der Waals surface area contributed by atoms with Gasteiger partial charge in [0.2, 0.25) is 0 Å². The number of hydrazone groups is 1. The molecule has 2 aromatic heterocycles. The summed E-state index contributed by atoms with van der Waals surface area (Å²) in [5, 5.41) is 13.8. The summed E-state index contributed by atoms with van der Waals surface area (Å²) in [4.78, 5) is 13.2. The van der Waals surface area contributed by atoms with Crippen LogP contribution in [0.15, 0.2) is 96.6 Å². The molecule has 0 radical (unpaired) electrons. The molecule has 1 aliphatic rings. The lowest BCUT2D eigenvalue weighted by atomic mass is 10.2. The summed E-state index contributed by atoms with van der Waals surface area (Å²) in [7, 11) is 0.